The van der Waals surface area contributed by atoms with Gasteiger partial charge in [-0.15, -0.1) is 0 Å². The van der Waals surface area contributed by atoms with Crippen LogP contribution in [-0.2, 0) is 14.3 Å². The fraction of sp³-hybridized carbons (Fsp3) is 0.571. The number of rotatable bonds is 6. The molecule has 1 heterocycles. The number of carbonyl (C=O) groups excluding carboxylic acids is 3. The summed E-state index contributed by atoms with van der Waals surface area (Å²) in [5.74, 6) is -1.35. The van der Waals surface area contributed by atoms with E-state index in [0.29, 0.717) is 39.0 Å². The summed E-state index contributed by atoms with van der Waals surface area (Å²) in [4.78, 5) is 38.7. The van der Waals surface area contributed by atoms with E-state index < -0.39 is 5.82 Å². The first-order valence-electron chi connectivity index (χ1n) is 10.2. The maximum atomic E-state index is 13.5. The Kier molecular flexibility index (Phi) is 7.19. The van der Waals surface area contributed by atoms with Crippen molar-refractivity contribution < 1.29 is 23.5 Å². The Morgan fingerprint density at radius 3 is 2.90 bits per heavy atom. The minimum atomic E-state index is -0.475. The molecule has 3 unspecified atom stereocenters. The highest BCUT2D eigenvalue weighted by atomic mass is 19.1. The van der Waals surface area contributed by atoms with Crippen molar-refractivity contribution in [2.75, 3.05) is 26.2 Å². The van der Waals surface area contributed by atoms with Gasteiger partial charge in [0.1, 0.15) is 5.82 Å². The summed E-state index contributed by atoms with van der Waals surface area (Å²) in [5, 5.41) is 5.65. The normalized spacial score (nSPS) is 24.7. The van der Waals surface area contributed by atoms with E-state index in [1.165, 1.54) is 18.2 Å². The van der Waals surface area contributed by atoms with Crippen LogP contribution in [0.25, 0.3) is 0 Å². The molecule has 0 aromatic heterocycles. The van der Waals surface area contributed by atoms with Crippen LogP contribution in [0.4, 0.5) is 4.39 Å². The number of piperazine rings is 1. The van der Waals surface area contributed by atoms with E-state index in [9.17, 15) is 18.8 Å². The van der Waals surface area contributed by atoms with Crippen molar-refractivity contribution in [3.63, 3.8) is 0 Å². The molecule has 2 fully saturated rings. The fourth-order valence-corrected chi connectivity index (χ4v) is 3.95. The molecule has 29 heavy (non-hydrogen) atoms. The van der Waals surface area contributed by atoms with Gasteiger partial charge < -0.3 is 20.3 Å². The predicted octanol–water partition coefficient (Wildman–Crippen LogP) is 1.48. The van der Waals surface area contributed by atoms with Crippen LogP contribution < -0.4 is 10.6 Å². The first kappa shape index (κ1) is 21.2. The highest BCUT2D eigenvalue weighted by Crippen LogP contribution is 2.29. The van der Waals surface area contributed by atoms with E-state index in [1.807, 2.05) is 6.92 Å². The Hall–Kier alpha value is -2.48. The van der Waals surface area contributed by atoms with Crippen LogP contribution in [0.3, 0.4) is 0 Å². The Labute approximate surface area is 170 Å². The van der Waals surface area contributed by atoms with Crippen molar-refractivity contribution in [3.8, 4) is 0 Å². The Morgan fingerprint density at radius 1 is 1.34 bits per heavy atom. The third-order valence-electron chi connectivity index (χ3n) is 5.43. The third-order valence-corrected chi connectivity index (χ3v) is 5.43. The van der Waals surface area contributed by atoms with Crippen LogP contribution in [-0.4, -0.2) is 61.0 Å². The maximum absolute atomic E-state index is 13.5. The average Bonchev–Trinajstić information content (AvgIpc) is 2.72. The summed E-state index contributed by atoms with van der Waals surface area (Å²) in [6, 6.07) is 5.17. The van der Waals surface area contributed by atoms with Crippen molar-refractivity contribution in [1.29, 1.82) is 0 Å². The molecule has 1 aliphatic carbocycles. The van der Waals surface area contributed by atoms with Gasteiger partial charge in [-0.3, -0.25) is 14.4 Å². The van der Waals surface area contributed by atoms with Gasteiger partial charge in [-0.25, -0.2) is 4.39 Å². The maximum Gasteiger partial charge on any atom is 0.251 e. The van der Waals surface area contributed by atoms with E-state index in [-0.39, 0.29) is 47.9 Å². The Morgan fingerprint density at radius 2 is 2.17 bits per heavy atom. The van der Waals surface area contributed by atoms with Crippen molar-refractivity contribution in [2.45, 2.75) is 44.8 Å². The summed E-state index contributed by atoms with van der Waals surface area (Å²) in [5.41, 5.74) is 0.236. The smallest absolute Gasteiger partial charge is 0.251 e. The molecule has 158 valence electrons. The van der Waals surface area contributed by atoms with E-state index in [2.05, 4.69) is 10.6 Å². The van der Waals surface area contributed by atoms with E-state index in [4.69, 9.17) is 4.74 Å². The molecular formula is C21H28FN3O4. The molecule has 7 nitrogen and oxygen atoms in total. The second-order valence-corrected chi connectivity index (χ2v) is 7.62. The number of amides is 3. The topological polar surface area (TPSA) is 87.7 Å². The highest BCUT2D eigenvalue weighted by molar-refractivity contribution is 5.94. The summed E-state index contributed by atoms with van der Waals surface area (Å²) < 4.78 is 19.4. The van der Waals surface area contributed by atoms with Crippen molar-refractivity contribution in [1.82, 2.24) is 15.5 Å². The van der Waals surface area contributed by atoms with Crippen LogP contribution in [0.2, 0.25) is 0 Å². The van der Waals surface area contributed by atoms with Gasteiger partial charge in [0, 0.05) is 31.2 Å². The molecule has 1 aromatic carbocycles. The van der Waals surface area contributed by atoms with Crippen LogP contribution >= 0.6 is 0 Å². The summed E-state index contributed by atoms with van der Waals surface area (Å²) in [6.07, 6.45) is 2.39. The molecule has 3 atom stereocenters. The number of nitrogens with one attached hydrogen (secondary N) is 2. The number of carbonyl (C=O) groups is 3. The minimum absolute atomic E-state index is 0.0567. The minimum Gasteiger partial charge on any atom is -0.376 e. The van der Waals surface area contributed by atoms with Crippen LogP contribution in [0.1, 0.15) is 43.0 Å². The molecule has 1 saturated carbocycles. The summed E-state index contributed by atoms with van der Waals surface area (Å²) in [7, 11) is 0. The first-order chi connectivity index (χ1) is 14.0. The molecule has 0 bridgehead atoms. The van der Waals surface area contributed by atoms with Crippen molar-refractivity contribution in [2.24, 2.45) is 5.92 Å². The van der Waals surface area contributed by atoms with E-state index in [0.717, 1.165) is 6.42 Å². The second-order valence-electron chi connectivity index (χ2n) is 7.62. The van der Waals surface area contributed by atoms with E-state index in [1.54, 1.807) is 11.0 Å². The lowest BCUT2D eigenvalue weighted by Crippen LogP contribution is -2.54. The standard InChI is InChI=1S/C21H28FN3O4/c1-2-10-29-18-7-6-15(21(28)25-9-8-23-19(26)13-25)12-17(18)24-20(27)14-4-3-5-16(22)11-14/h3-5,11,15,17-18H,2,6-10,12-13H2,1H3,(H,23,26)(H,24,27). The highest BCUT2D eigenvalue weighted by Gasteiger charge is 2.37. The van der Waals surface area contributed by atoms with Crippen LogP contribution in [0.5, 0.6) is 0 Å². The molecule has 2 N–H and O–H groups in total. The van der Waals surface area contributed by atoms with Crippen molar-refractivity contribution in [3.05, 3.63) is 35.6 Å². The quantitative estimate of drug-likeness (QED) is 0.751. The number of ether oxygens (including phenoxy) is 1. The molecule has 3 amide bonds. The lowest BCUT2D eigenvalue weighted by molar-refractivity contribution is -0.143. The van der Waals surface area contributed by atoms with Gasteiger partial charge in [-0.1, -0.05) is 13.0 Å². The van der Waals surface area contributed by atoms with Crippen molar-refractivity contribution >= 4 is 17.7 Å². The fourth-order valence-electron chi connectivity index (χ4n) is 3.95. The molecule has 1 saturated heterocycles. The lowest BCUT2D eigenvalue weighted by atomic mass is 9.82. The van der Waals surface area contributed by atoms with Gasteiger partial charge in [0.25, 0.3) is 5.91 Å². The van der Waals surface area contributed by atoms with Gasteiger partial charge in [-0.2, -0.15) is 0 Å². The zero-order valence-corrected chi connectivity index (χ0v) is 16.7. The van der Waals surface area contributed by atoms with Crippen LogP contribution in [0, 0.1) is 11.7 Å². The predicted molar refractivity (Wildman–Crippen MR) is 105 cm³/mol. The zero-order valence-electron chi connectivity index (χ0n) is 16.7. The monoisotopic (exact) mass is 405 g/mol. The molecule has 3 rings (SSSR count). The van der Waals surface area contributed by atoms with Gasteiger partial charge in [-0.05, 0) is 43.9 Å². The lowest BCUT2D eigenvalue weighted by Gasteiger charge is -2.38. The van der Waals surface area contributed by atoms with Crippen LogP contribution in [0.15, 0.2) is 24.3 Å². The largest absolute Gasteiger partial charge is 0.376 e. The Bertz CT molecular complexity index is 757. The molecular weight excluding hydrogens is 377 g/mol. The molecule has 8 heteroatoms. The number of hydrogen-bond acceptors (Lipinski definition) is 4. The Balaban J connectivity index is 1.68. The van der Waals surface area contributed by atoms with Gasteiger partial charge in [0.15, 0.2) is 0 Å². The number of benzene rings is 1. The molecule has 1 aromatic rings. The average molecular weight is 405 g/mol. The third kappa shape index (κ3) is 5.53. The first-order valence-corrected chi connectivity index (χ1v) is 10.2. The number of hydrogen-bond donors (Lipinski definition) is 2. The number of nitrogens with zero attached hydrogens (tertiary/aromatic N) is 1. The van der Waals surface area contributed by atoms with E-state index >= 15 is 0 Å². The van der Waals surface area contributed by atoms with Gasteiger partial charge >= 0.3 is 0 Å². The summed E-state index contributed by atoms with van der Waals surface area (Å²) in [6.45, 7) is 3.61. The molecule has 1 aliphatic heterocycles. The second kappa shape index (κ2) is 9.82. The number of halogens is 1. The summed E-state index contributed by atoms with van der Waals surface area (Å²) >= 11 is 0. The SMILES string of the molecule is CCCOC1CCC(C(=O)N2CCNC(=O)C2)CC1NC(=O)c1cccc(F)c1. The molecule has 2 aliphatic rings. The van der Waals surface area contributed by atoms with Gasteiger partial charge in [0.05, 0.1) is 18.7 Å². The molecule has 0 spiro atoms. The molecule has 0 radical (unpaired) electrons. The van der Waals surface area contributed by atoms with Gasteiger partial charge in [0.2, 0.25) is 11.8 Å². The zero-order chi connectivity index (χ0) is 20.8.